The summed E-state index contributed by atoms with van der Waals surface area (Å²) in [5.41, 5.74) is 0. The van der Waals surface area contributed by atoms with E-state index in [4.69, 9.17) is 4.74 Å². The van der Waals surface area contributed by atoms with Crippen LogP contribution >= 0.6 is 0 Å². The van der Waals surface area contributed by atoms with Crippen molar-refractivity contribution in [2.24, 2.45) is 0 Å². The van der Waals surface area contributed by atoms with Crippen LogP contribution in [-0.2, 0) is 14.3 Å². The van der Waals surface area contributed by atoms with E-state index in [2.05, 4.69) is 4.74 Å². The Morgan fingerprint density at radius 2 is 2.33 bits per heavy atom. The molecule has 0 aliphatic carbocycles. The minimum Gasteiger partial charge on any atom is -0.459 e. The van der Waals surface area contributed by atoms with Crippen LogP contribution in [0.1, 0.15) is 13.3 Å². The Morgan fingerprint density at radius 3 is 2.67 bits per heavy atom. The lowest BCUT2D eigenvalue weighted by Crippen LogP contribution is -2.35. The molecule has 1 rings (SSSR count). The summed E-state index contributed by atoms with van der Waals surface area (Å²) in [6.07, 6.45) is 0.582. The maximum Gasteiger partial charge on any atom is 0.376 e. The highest BCUT2D eigenvalue weighted by Gasteiger charge is 2.35. The Hall–Kier alpha value is -0.710. The number of rotatable bonds is 3. The second-order valence-electron chi connectivity index (χ2n) is 2.77. The van der Waals surface area contributed by atoms with Crippen molar-refractivity contribution in [2.45, 2.75) is 25.4 Å². The molecule has 1 fully saturated rings. The monoisotopic (exact) mass is 180 g/mol. The zero-order valence-electron chi connectivity index (χ0n) is 6.68. The Morgan fingerprint density at radius 1 is 1.75 bits per heavy atom. The normalized spacial score (nSPS) is 23.1. The molecule has 0 saturated carbocycles. The molecule has 1 unspecified atom stereocenters. The molecule has 1 aliphatic rings. The molecule has 1 heterocycles. The summed E-state index contributed by atoms with van der Waals surface area (Å²) in [6.45, 7) is 1.06. The highest BCUT2D eigenvalue weighted by molar-refractivity contribution is 5.76. The largest absolute Gasteiger partial charge is 0.459 e. The molecule has 5 heteroatoms. The number of ether oxygens (including phenoxy) is 2. The Labute approximate surface area is 68.6 Å². The van der Waals surface area contributed by atoms with Gasteiger partial charge >= 0.3 is 11.9 Å². The summed E-state index contributed by atoms with van der Waals surface area (Å²) in [5.74, 6) is -4.89. The van der Waals surface area contributed by atoms with Crippen molar-refractivity contribution in [3.63, 3.8) is 0 Å². The van der Waals surface area contributed by atoms with Crippen LogP contribution < -0.4 is 0 Å². The zero-order valence-corrected chi connectivity index (χ0v) is 6.68. The molecule has 1 saturated heterocycles. The third kappa shape index (κ3) is 2.41. The smallest absolute Gasteiger partial charge is 0.376 e. The van der Waals surface area contributed by atoms with E-state index in [1.807, 2.05) is 0 Å². The van der Waals surface area contributed by atoms with Crippen LogP contribution in [0.5, 0.6) is 0 Å². The van der Waals surface area contributed by atoms with Gasteiger partial charge in [-0.05, 0) is 0 Å². The molecule has 0 aromatic rings. The van der Waals surface area contributed by atoms with Crippen LogP contribution in [0.15, 0.2) is 0 Å². The van der Waals surface area contributed by atoms with Crippen molar-refractivity contribution in [3.8, 4) is 0 Å². The average Bonchev–Trinajstić information content (AvgIpc) is 1.81. The van der Waals surface area contributed by atoms with E-state index >= 15 is 0 Å². The first-order chi connectivity index (χ1) is 5.50. The summed E-state index contributed by atoms with van der Waals surface area (Å²) in [4.78, 5) is 10.5. The molecule has 3 nitrogen and oxygen atoms in total. The van der Waals surface area contributed by atoms with Crippen molar-refractivity contribution in [1.82, 2.24) is 0 Å². The number of halogens is 2. The van der Waals surface area contributed by atoms with Gasteiger partial charge in [-0.25, -0.2) is 4.79 Å². The first kappa shape index (κ1) is 9.38. The SMILES string of the molecule is CC(F)(F)C(=O)OCC1CCO1. The molecule has 0 amide bonds. The fourth-order valence-electron chi connectivity index (χ4n) is 0.711. The number of esters is 1. The summed E-state index contributed by atoms with van der Waals surface area (Å²) >= 11 is 0. The molecule has 0 aromatic heterocycles. The van der Waals surface area contributed by atoms with E-state index in [9.17, 15) is 13.6 Å². The fourth-order valence-corrected chi connectivity index (χ4v) is 0.711. The molecule has 1 atom stereocenters. The number of hydrogen-bond donors (Lipinski definition) is 0. The van der Waals surface area contributed by atoms with Gasteiger partial charge in [0.05, 0.1) is 6.10 Å². The van der Waals surface area contributed by atoms with E-state index in [1.165, 1.54) is 0 Å². The second kappa shape index (κ2) is 3.35. The highest BCUT2D eigenvalue weighted by Crippen LogP contribution is 2.16. The summed E-state index contributed by atoms with van der Waals surface area (Å²) in [7, 11) is 0. The van der Waals surface area contributed by atoms with Gasteiger partial charge < -0.3 is 9.47 Å². The molecule has 0 N–H and O–H groups in total. The van der Waals surface area contributed by atoms with E-state index < -0.39 is 11.9 Å². The van der Waals surface area contributed by atoms with Gasteiger partial charge in [0.15, 0.2) is 0 Å². The Balaban J connectivity index is 2.17. The molecule has 70 valence electrons. The van der Waals surface area contributed by atoms with E-state index in [0.717, 1.165) is 6.42 Å². The molecular weight excluding hydrogens is 170 g/mol. The lowest BCUT2D eigenvalue weighted by molar-refractivity contribution is -0.178. The third-order valence-corrected chi connectivity index (χ3v) is 1.55. The van der Waals surface area contributed by atoms with Crippen LogP contribution in [-0.4, -0.2) is 31.2 Å². The van der Waals surface area contributed by atoms with Crippen LogP contribution in [0.2, 0.25) is 0 Å². The van der Waals surface area contributed by atoms with Crippen molar-refractivity contribution in [3.05, 3.63) is 0 Å². The van der Waals surface area contributed by atoms with Gasteiger partial charge in [0, 0.05) is 20.0 Å². The number of alkyl halides is 2. The highest BCUT2D eigenvalue weighted by atomic mass is 19.3. The maximum absolute atomic E-state index is 12.2. The Kier molecular flexibility index (Phi) is 2.62. The van der Waals surface area contributed by atoms with E-state index in [0.29, 0.717) is 13.5 Å². The van der Waals surface area contributed by atoms with Crippen LogP contribution in [0.25, 0.3) is 0 Å². The summed E-state index contributed by atoms with van der Waals surface area (Å²) in [5, 5.41) is 0. The lowest BCUT2D eigenvalue weighted by atomic mass is 10.2. The zero-order chi connectivity index (χ0) is 9.19. The van der Waals surface area contributed by atoms with Gasteiger partial charge in [-0.1, -0.05) is 0 Å². The van der Waals surface area contributed by atoms with Crippen LogP contribution in [0, 0.1) is 0 Å². The first-order valence-electron chi connectivity index (χ1n) is 3.67. The van der Waals surface area contributed by atoms with Gasteiger partial charge in [0.2, 0.25) is 0 Å². The average molecular weight is 180 g/mol. The van der Waals surface area contributed by atoms with Gasteiger partial charge in [0.1, 0.15) is 6.61 Å². The van der Waals surface area contributed by atoms with Crippen LogP contribution in [0.3, 0.4) is 0 Å². The molecule has 0 radical (unpaired) electrons. The lowest BCUT2D eigenvalue weighted by Gasteiger charge is -2.26. The molecular formula is C7H10F2O3. The predicted octanol–water partition coefficient (Wildman–Crippen LogP) is 0.974. The summed E-state index contributed by atoms with van der Waals surface area (Å²) in [6, 6.07) is 0. The molecule has 12 heavy (non-hydrogen) atoms. The number of carbonyl (C=O) groups is 1. The van der Waals surface area contributed by atoms with Crippen molar-refractivity contribution >= 4 is 5.97 Å². The van der Waals surface area contributed by atoms with Gasteiger partial charge in [0.25, 0.3) is 0 Å². The van der Waals surface area contributed by atoms with E-state index in [-0.39, 0.29) is 12.7 Å². The summed E-state index contributed by atoms with van der Waals surface area (Å²) < 4.78 is 33.5. The standard InChI is InChI=1S/C7H10F2O3/c1-7(8,9)6(10)12-4-5-2-3-11-5/h5H,2-4H2,1H3. The molecule has 0 spiro atoms. The van der Waals surface area contributed by atoms with Gasteiger partial charge in [-0.2, -0.15) is 8.78 Å². The van der Waals surface area contributed by atoms with E-state index in [1.54, 1.807) is 0 Å². The maximum atomic E-state index is 12.2. The minimum absolute atomic E-state index is 0.0672. The van der Waals surface area contributed by atoms with Gasteiger partial charge in [-0.3, -0.25) is 0 Å². The fraction of sp³-hybridized carbons (Fsp3) is 0.857. The van der Waals surface area contributed by atoms with Crippen LogP contribution in [0.4, 0.5) is 8.78 Å². The quantitative estimate of drug-likeness (QED) is 0.607. The second-order valence-corrected chi connectivity index (χ2v) is 2.77. The van der Waals surface area contributed by atoms with Crippen molar-refractivity contribution in [1.29, 1.82) is 0 Å². The molecule has 1 aliphatic heterocycles. The number of hydrogen-bond acceptors (Lipinski definition) is 3. The third-order valence-electron chi connectivity index (χ3n) is 1.55. The molecule has 0 bridgehead atoms. The van der Waals surface area contributed by atoms with Crippen molar-refractivity contribution in [2.75, 3.05) is 13.2 Å². The Bertz CT molecular complexity index is 172. The molecule has 0 aromatic carbocycles. The predicted molar refractivity (Wildman–Crippen MR) is 35.9 cm³/mol. The van der Waals surface area contributed by atoms with Gasteiger partial charge in [-0.15, -0.1) is 0 Å². The minimum atomic E-state index is -3.40. The first-order valence-corrected chi connectivity index (χ1v) is 3.67. The number of carbonyl (C=O) groups excluding carboxylic acids is 1. The topological polar surface area (TPSA) is 35.5 Å². The van der Waals surface area contributed by atoms with Crippen molar-refractivity contribution < 1.29 is 23.0 Å².